The lowest BCUT2D eigenvalue weighted by Crippen LogP contribution is -2.41. The number of rotatable bonds is 2. The first-order valence-electron chi connectivity index (χ1n) is 6.31. The van der Waals surface area contributed by atoms with Crippen molar-refractivity contribution in [1.29, 1.82) is 0 Å². The Morgan fingerprint density at radius 2 is 1.20 bits per heavy atom. The van der Waals surface area contributed by atoms with Crippen LogP contribution in [-0.2, 0) is 9.59 Å². The molecule has 0 bridgehead atoms. The van der Waals surface area contributed by atoms with Crippen LogP contribution in [0.1, 0.15) is 27.7 Å². The summed E-state index contributed by atoms with van der Waals surface area (Å²) >= 11 is 3.29. The third kappa shape index (κ3) is 5.51. The predicted octanol–water partition coefficient (Wildman–Crippen LogP) is 1.02. The average Bonchev–Trinajstić information content (AvgIpc) is 2.82. The monoisotopic (exact) mass is 322 g/mol. The maximum Gasteiger partial charge on any atom is 0.321 e. The van der Waals surface area contributed by atoms with Crippen molar-refractivity contribution in [3.63, 3.8) is 0 Å². The summed E-state index contributed by atoms with van der Waals surface area (Å²) < 4.78 is 0. The Balaban J connectivity index is 0.000000200. The molecule has 2 fully saturated rings. The Morgan fingerprint density at radius 3 is 1.30 bits per heavy atom. The molecule has 0 aliphatic carbocycles. The van der Waals surface area contributed by atoms with Crippen LogP contribution < -0.4 is 10.6 Å². The molecule has 0 radical (unpaired) electrons. The van der Waals surface area contributed by atoms with Gasteiger partial charge < -0.3 is 10.2 Å². The molecule has 2 aliphatic rings. The lowest BCUT2D eigenvalue weighted by molar-refractivity contribution is -0.139. The standard InChI is InChI=1S/2C6H11NO2S/c2*1-6(2)7-4(3-10-6)5(8)9/h2*4,7H,3H2,1-2H3,(H,8,9)/t4-;/m0./s1. The van der Waals surface area contributed by atoms with Gasteiger partial charge in [0, 0.05) is 11.5 Å². The molecule has 1 unspecified atom stereocenters. The van der Waals surface area contributed by atoms with Gasteiger partial charge in [-0.1, -0.05) is 0 Å². The second-order valence-corrected chi connectivity index (χ2v) is 9.00. The van der Waals surface area contributed by atoms with Crippen molar-refractivity contribution in [3.8, 4) is 0 Å². The molecule has 2 aliphatic heterocycles. The van der Waals surface area contributed by atoms with E-state index in [1.165, 1.54) is 0 Å². The van der Waals surface area contributed by atoms with Crippen molar-refractivity contribution in [3.05, 3.63) is 0 Å². The maximum atomic E-state index is 10.4. The van der Waals surface area contributed by atoms with E-state index in [2.05, 4.69) is 10.6 Å². The van der Waals surface area contributed by atoms with Gasteiger partial charge in [-0.25, -0.2) is 0 Å². The van der Waals surface area contributed by atoms with E-state index in [1.807, 2.05) is 27.7 Å². The highest BCUT2D eigenvalue weighted by molar-refractivity contribution is 8.01. The lowest BCUT2D eigenvalue weighted by Gasteiger charge is -2.16. The summed E-state index contributed by atoms with van der Waals surface area (Å²) in [4.78, 5) is 20.7. The van der Waals surface area contributed by atoms with Gasteiger partial charge in [0.05, 0.1) is 9.74 Å². The largest absolute Gasteiger partial charge is 0.480 e. The van der Waals surface area contributed by atoms with E-state index in [9.17, 15) is 9.59 Å². The Hall–Kier alpha value is -0.440. The van der Waals surface area contributed by atoms with Crippen LogP contribution in [0.5, 0.6) is 0 Å². The van der Waals surface area contributed by atoms with E-state index in [-0.39, 0.29) is 21.8 Å². The third-order valence-corrected chi connectivity index (χ3v) is 5.54. The molecule has 0 saturated carbocycles. The number of carboxylic acid groups (broad SMARTS) is 2. The molecule has 4 N–H and O–H groups in total. The highest BCUT2D eigenvalue weighted by Gasteiger charge is 2.35. The van der Waals surface area contributed by atoms with E-state index in [0.717, 1.165) is 0 Å². The minimum absolute atomic E-state index is 0.0664. The molecule has 0 aromatic heterocycles. The molecule has 2 rings (SSSR count). The highest BCUT2D eigenvalue weighted by Crippen LogP contribution is 2.29. The second-order valence-electron chi connectivity index (χ2n) is 5.71. The van der Waals surface area contributed by atoms with Gasteiger partial charge in [-0.15, -0.1) is 23.5 Å². The van der Waals surface area contributed by atoms with E-state index in [1.54, 1.807) is 23.5 Å². The van der Waals surface area contributed by atoms with E-state index in [0.29, 0.717) is 11.5 Å². The number of hydrogen-bond acceptors (Lipinski definition) is 6. The first kappa shape index (κ1) is 17.6. The maximum absolute atomic E-state index is 10.4. The van der Waals surface area contributed by atoms with Gasteiger partial charge in [0.25, 0.3) is 0 Å². The molecule has 0 spiro atoms. The van der Waals surface area contributed by atoms with Crippen molar-refractivity contribution in [2.45, 2.75) is 49.5 Å². The topological polar surface area (TPSA) is 98.7 Å². The van der Waals surface area contributed by atoms with Gasteiger partial charge in [-0.3, -0.25) is 20.2 Å². The van der Waals surface area contributed by atoms with Crippen LogP contribution in [0.2, 0.25) is 0 Å². The summed E-state index contributed by atoms with van der Waals surface area (Å²) in [5.74, 6) is -0.166. The first-order chi connectivity index (χ1) is 9.02. The number of carboxylic acids is 2. The van der Waals surface area contributed by atoms with Gasteiger partial charge in [0.2, 0.25) is 0 Å². The summed E-state index contributed by atoms with van der Waals surface area (Å²) in [5.41, 5.74) is 0. The summed E-state index contributed by atoms with van der Waals surface area (Å²) in [5, 5.41) is 23.1. The van der Waals surface area contributed by atoms with Crippen LogP contribution in [0, 0.1) is 0 Å². The van der Waals surface area contributed by atoms with E-state index < -0.39 is 11.9 Å². The third-order valence-electron chi connectivity index (χ3n) is 2.86. The zero-order chi connectivity index (χ0) is 15.6. The summed E-state index contributed by atoms with van der Waals surface area (Å²) in [7, 11) is 0. The van der Waals surface area contributed by atoms with E-state index in [4.69, 9.17) is 10.2 Å². The summed E-state index contributed by atoms with van der Waals surface area (Å²) in [6, 6.07) is -0.722. The first-order valence-corrected chi connectivity index (χ1v) is 8.28. The SMILES string of the molecule is CC1(C)NC(C(=O)O)CS1.CC1(C)N[C@H](C(=O)O)CS1. The quantitative estimate of drug-likeness (QED) is 0.598. The minimum Gasteiger partial charge on any atom is -0.480 e. The zero-order valence-corrected chi connectivity index (χ0v) is 13.7. The van der Waals surface area contributed by atoms with Gasteiger partial charge in [0.1, 0.15) is 12.1 Å². The van der Waals surface area contributed by atoms with Crippen molar-refractivity contribution < 1.29 is 19.8 Å². The van der Waals surface area contributed by atoms with Crippen LogP contribution in [0.25, 0.3) is 0 Å². The number of hydrogen-bond donors (Lipinski definition) is 4. The molecule has 0 aromatic carbocycles. The van der Waals surface area contributed by atoms with Gasteiger partial charge in [-0.2, -0.15) is 0 Å². The van der Waals surface area contributed by atoms with Crippen molar-refractivity contribution in [2.75, 3.05) is 11.5 Å². The van der Waals surface area contributed by atoms with Crippen LogP contribution >= 0.6 is 23.5 Å². The van der Waals surface area contributed by atoms with Crippen LogP contribution in [0.3, 0.4) is 0 Å². The normalized spacial score (nSPS) is 30.4. The fourth-order valence-corrected chi connectivity index (χ4v) is 3.92. The van der Waals surface area contributed by atoms with Crippen LogP contribution in [0.4, 0.5) is 0 Å². The number of thioether (sulfide) groups is 2. The molecule has 2 saturated heterocycles. The Labute approximate surface area is 127 Å². The van der Waals surface area contributed by atoms with Gasteiger partial charge in [0.15, 0.2) is 0 Å². The number of carbonyl (C=O) groups is 2. The van der Waals surface area contributed by atoms with Gasteiger partial charge >= 0.3 is 11.9 Å². The zero-order valence-electron chi connectivity index (χ0n) is 12.1. The van der Waals surface area contributed by atoms with Crippen molar-refractivity contribution >= 4 is 35.5 Å². The number of nitrogens with one attached hydrogen (secondary N) is 2. The average molecular weight is 322 g/mol. The Bertz CT molecular complexity index is 352. The fourth-order valence-electron chi connectivity index (χ4n) is 1.86. The van der Waals surface area contributed by atoms with Gasteiger partial charge in [-0.05, 0) is 27.7 Å². The van der Waals surface area contributed by atoms with Crippen LogP contribution in [0.15, 0.2) is 0 Å². The predicted molar refractivity (Wildman–Crippen MR) is 82.2 cm³/mol. The van der Waals surface area contributed by atoms with Crippen molar-refractivity contribution in [1.82, 2.24) is 10.6 Å². The molecular weight excluding hydrogens is 300 g/mol. The lowest BCUT2D eigenvalue weighted by atomic mass is 10.3. The Kier molecular flexibility index (Phi) is 5.77. The molecule has 0 aromatic rings. The molecule has 0 amide bonds. The molecule has 2 atom stereocenters. The minimum atomic E-state index is -0.752. The van der Waals surface area contributed by atoms with E-state index >= 15 is 0 Å². The highest BCUT2D eigenvalue weighted by atomic mass is 32.2. The molecule has 116 valence electrons. The molecule has 2 heterocycles. The molecule has 20 heavy (non-hydrogen) atoms. The second kappa shape index (κ2) is 6.55. The molecular formula is C12H22N2O4S2. The van der Waals surface area contributed by atoms with Crippen molar-refractivity contribution in [2.24, 2.45) is 0 Å². The molecule has 6 nitrogen and oxygen atoms in total. The fraction of sp³-hybridized carbons (Fsp3) is 0.833. The Morgan fingerprint density at radius 1 is 0.900 bits per heavy atom. The molecule has 8 heteroatoms. The number of aliphatic carboxylic acids is 2. The van der Waals surface area contributed by atoms with Crippen LogP contribution in [-0.4, -0.2) is 55.5 Å². The smallest absolute Gasteiger partial charge is 0.321 e. The summed E-state index contributed by atoms with van der Waals surface area (Å²) in [6.07, 6.45) is 0. The summed E-state index contributed by atoms with van der Waals surface area (Å²) in [6.45, 7) is 7.95.